The Morgan fingerprint density at radius 3 is 2.73 bits per heavy atom. The number of hydrogen-bond donors (Lipinski definition) is 2. The van der Waals surface area contributed by atoms with Gasteiger partial charge in [0, 0.05) is 21.0 Å². The van der Waals surface area contributed by atoms with Gasteiger partial charge in [0.2, 0.25) is 5.91 Å². The minimum Gasteiger partial charge on any atom is -0.343 e. The second-order valence-corrected chi connectivity index (χ2v) is 7.06. The molecule has 1 aromatic heterocycles. The SMILES string of the molecule is O=C(CNC(=O)c1cccc(Br)c1)Nc1nc(-c2cccc(F)c2)cs1. The number of hydrogen-bond acceptors (Lipinski definition) is 4. The lowest BCUT2D eigenvalue weighted by atomic mass is 10.2. The molecule has 0 aliphatic heterocycles. The number of aromatic nitrogens is 1. The molecule has 0 unspecified atom stereocenters. The van der Waals surface area contributed by atoms with Crippen molar-refractivity contribution in [1.82, 2.24) is 10.3 Å². The van der Waals surface area contributed by atoms with Gasteiger partial charge in [-0.3, -0.25) is 9.59 Å². The molecule has 1 heterocycles. The normalized spacial score (nSPS) is 10.4. The van der Waals surface area contributed by atoms with E-state index in [2.05, 4.69) is 31.5 Å². The molecule has 3 rings (SSSR count). The molecule has 0 bridgehead atoms. The van der Waals surface area contributed by atoms with E-state index >= 15 is 0 Å². The van der Waals surface area contributed by atoms with Gasteiger partial charge in [0.1, 0.15) is 5.82 Å². The summed E-state index contributed by atoms with van der Waals surface area (Å²) in [6, 6.07) is 12.9. The van der Waals surface area contributed by atoms with Crippen LogP contribution in [0.25, 0.3) is 11.3 Å². The third-order valence-electron chi connectivity index (χ3n) is 3.37. The smallest absolute Gasteiger partial charge is 0.251 e. The zero-order chi connectivity index (χ0) is 18.5. The fraction of sp³-hybridized carbons (Fsp3) is 0.0556. The van der Waals surface area contributed by atoms with Gasteiger partial charge in [-0.25, -0.2) is 9.37 Å². The molecule has 0 saturated carbocycles. The van der Waals surface area contributed by atoms with Crippen molar-refractivity contribution in [2.45, 2.75) is 0 Å². The van der Waals surface area contributed by atoms with E-state index in [4.69, 9.17) is 0 Å². The third-order valence-corrected chi connectivity index (χ3v) is 4.62. The molecule has 3 aromatic rings. The Bertz CT molecular complexity index is 961. The summed E-state index contributed by atoms with van der Waals surface area (Å²) in [6.45, 7) is -0.180. The maximum atomic E-state index is 13.3. The Morgan fingerprint density at radius 1 is 1.15 bits per heavy atom. The third kappa shape index (κ3) is 4.74. The lowest BCUT2D eigenvalue weighted by molar-refractivity contribution is -0.115. The van der Waals surface area contributed by atoms with Crippen LogP contribution in [-0.4, -0.2) is 23.3 Å². The van der Waals surface area contributed by atoms with E-state index in [0.717, 1.165) is 4.47 Å². The summed E-state index contributed by atoms with van der Waals surface area (Å²) >= 11 is 4.52. The highest BCUT2D eigenvalue weighted by molar-refractivity contribution is 9.10. The first-order valence-electron chi connectivity index (χ1n) is 7.56. The number of rotatable bonds is 5. The highest BCUT2D eigenvalue weighted by Gasteiger charge is 2.11. The van der Waals surface area contributed by atoms with Crippen molar-refractivity contribution in [2.24, 2.45) is 0 Å². The summed E-state index contributed by atoms with van der Waals surface area (Å²) in [5, 5.41) is 7.27. The standard InChI is InChI=1S/C18H13BrFN3O2S/c19-13-5-1-4-12(7-13)17(25)21-9-16(24)23-18-22-15(10-26-18)11-3-2-6-14(20)8-11/h1-8,10H,9H2,(H,21,25)(H,22,23,24). The van der Waals surface area contributed by atoms with Gasteiger partial charge in [-0.05, 0) is 30.3 Å². The monoisotopic (exact) mass is 433 g/mol. The Morgan fingerprint density at radius 2 is 1.96 bits per heavy atom. The Hall–Kier alpha value is -2.58. The summed E-state index contributed by atoms with van der Waals surface area (Å²) in [5.41, 5.74) is 1.66. The van der Waals surface area contributed by atoms with Crippen LogP contribution in [0, 0.1) is 5.82 Å². The van der Waals surface area contributed by atoms with E-state index < -0.39 is 5.91 Å². The van der Waals surface area contributed by atoms with Gasteiger partial charge in [-0.15, -0.1) is 11.3 Å². The minimum atomic E-state index is -0.395. The summed E-state index contributed by atoms with van der Waals surface area (Å²) in [7, 11) is 0. The zero-order valence-electron chi connectivity index (χ0n) is 13.3. The number of benzene rings is 2. The molecule has 0 spiro atoms. The van der Waals surface area contributed by atoms with Crippen LogP contribution in [0.4, 0.5) is 9.52 Å². The summed E-state index contributed by atoms with van der Waals surface area (Å²) in [4.78, 5) is 28.3. The molecule has 0 saturated heterocycles. The lowest BCUT2D eigenvalue weighted by Gasteiger charge is -2.05. The van der Waals surface area contributed by atoms with Crippen LogP contribution in [0.5, 0.6) is 0 Å². The molecule has 2 N–H and O–H groups in total. The van der Waals surface area contributed by atoms with Crippen LogP contribution >= 0.6 is 27.3 Å². The number of amides is 2. The molecule has 2 amide bonds. The highest BCUT2D eigenvalue weighted by Crippen LogP contribution is 2.25. The summed E-state index contributed by atoms with van der Waals surface area (Å²) in [5.74, 6) is -1.09. The van der Waals surface area contributed by atoms with E-state index in [1.165, 1.54) is 23.5 Å². The largest absolute Gasteiger partial charge is 0.343 e. The summed E-state index contributed by atoms with van der Waals surface area (Å²) in [6.07, 6.45) is 0. The lowest BCUT2D eigenvalue weighted by Crippen LogP contribution is -2.32. The van der Waals surface area contributed by atoms with Crippen molar-refractivity contribution in [3.63, 3.8) is 0 Å². The predicted octanol–water partition coefficient (Wildman–Crippen LogP) is 4.08. The van der Waals surface area contributed by atoms with Gasteiger partial charge in [0.15, 0.2) is 5.13 Å². The van der Waals surface area contributed by atoms with Crippen molar-refractivity contribution in [1.29, 1.82) is 0 Å². The quantitative estimate of drug-likeness (QED) is 0.636. The van der Waals surface area contributed by atoms with Crippen molar-refractivity contribution < 1.29 is 14.0 Å². The fourth-order valence-electron chi connectivity index (χ4n) is 2.17. The number of carbonyl (C=O) groups is 2. The predicted molar refractivity (Wildman–Crippen MR) is 103 cm³/mol. The first-order chi connectivity index (χ1) is 12.5. The molecule has 0 aliphatic carbocycles. The van der Waals surface area contributed by atoms with Gasteiger partial charge in [0.05, 0.1) is 12.2 Å². The number of anilines is 1. The van der Waals surface area contributed by atoms with E-state index in [-0.39, 0.29) is 18.3 Å². The van der Waals surface area contributed by atoms with E-state index in [9.17, 15) is 14.0 Å². The van der Waals surface area contributed by atoms with Crippen molar-refractivity contribution in [3.05, 3.63) is 69.8 Å². The summed E-state index contributed by atoms with van der Waals surface area (Å²) < 4.78 is 14.1. The van der Waals surface area contributed by atoms with Crippen LogP contribution in [0.1, 0.15) is 10.4 Å². The molecule has 8 heteroatoms. The molecular formula is C18H13BrFN3O2S. The Balaban J connectivity index is 1.56. The number of nitrogens with one attached hydrogen (secondary N) is 2. The second-order valence-electron chi connectivity index (χ2n) is 5.29. The molecule has 0 aliphatic rings. The first kappa shape index (κ1) is 18.2. The van der Waals surface area contributed by atoms with Crippen molar-refractivity contribution in [3.8, 4) is 11.3 Å². The molecule has 0 fully saturated rings. The topological polar surface area (TPSA) is 71.1 Å². The average molecular weight is 434 g/mol. The fourth-order valence-corrected chi connectivity index (χ4v) is 3.30. The van der Waals surface area contributed by atoms with Crippen LogP contribution in [-0.2, 0) is 4.79 Å². The van der Waals surface area contributed by atoms with E-state index in [0.29, 0.717) is 22.0 Å². The first-order valence-corrected chi connectivity index (χ1v) is 9.23. The van der Waals surface area contributed by atoms with Crippen LogP contribution in [0.2, 0.25) is 0 Å². The molecular weight excluding hydrogens is 421 g/mol. The minimum absolute atomic E-state index is 0.180. The molecule has 0 atom stereocenters. The van der Waals surface area contributed by atoms with Gasteiger partial charge >= 0.3 is 0 Å². The number of halogens is 2. The molecule has 2 aromatic carbocycles. The number of nitrogens with zero attached hydrogens (tertiary/aromatic N) is 1. The van der Waals surface area contributed by atoms with Crippen LogP contribution < -0.4 is 10.6 Å². The number of carbonyl (C=O) groups excluding carboxylic acids is 2. The second kappa shape index (κ2) is 8.20. The van der Waals surface area contributed by atoms with Gasteiger partial charge in [0.25, 0.3) is 5.91 Å². The molecule has 5 nitrogen and oxygen atoms in total. The maximum Gasteiger partial charge on any atom is 0.251 e. The van der Waals surface area contributed by atoms with E-state index in [1.807, 2.05) is 6.07 Å². The molecule has 26 heavy (non-hydrogen) atoms. The molecule has 132 valence electrons. The van der Waals surface area contributed by atoms with Gasteiger partial charge in [-0.2, -0.15) is 0 Å². The highest BCUT2D eigenvalue weighted by atomic mass is 79.9. The Labute approximate surface area is 161 Å². The molecule has 0 radical (unpaired) electrons. The van der Waals surface area contributed by atoms with Gasteiger partial charge < -0.3 is 10.6 Å². The Kier molecular flexibility index (Phi) is 5.75. The zero-order valence-corrected chi connectivity index (χ0v) is 15.7. The van der Waals surface area contributed by atoms with Crippen molar-refractivity contribution in [2.75, 3.05) is 11.9 Å². The van der Waals surface area contributed by atoms with Crippen molar-refractivity contribution >= 4 is 44.2 Å². The van der Waals surface area contributed by atoms with Crippen LogP contribution in [0.15, 0.2) is 58.4 Å². The van der Waals surface area contributed by atoms with E-state index in [1.54, 1.807) is 35.7 Å². The van der Waals surface area contributed by atoms with Crippen LogP contribution in [0.3, 0.4) is 0 Å². The maximum absolute atomic E-state index is 13.3. The number of thiazole rings is 1. The average Bonchev–Trinajstić information content (AvgIpc) is 3.08. The van der Waals surface area contributed by atoms with Gasteiger partial charge in [-0.1, -0.05) is 34.1 Å².